The minimum Gasteiger partial charge on any atom is -0.508 e. The zero-order chi connectivity index (χ0) is 17.8. The maximum atomic E-state index is 13.1. The SMILES string of the molecule is O=C(CSc1nnnn1-c1ccc(O)cc1)Nc1cc(F)cc(F)c1. The molecule has 3 aromatic rings. The Morgan fingerprint density at radius 1 is 1.16 bits per heavy atom. The number of hydrogen-bond acceptors (Lipinski definition) is 6. The fourth-order valence-electron chi connectivity index (χ4n) is 1.98. The number of carbonyl (C=O) groups is 1. The van der Waals surface area contributed by atoms with E-state index in [0.29, 0.717) is 10.8 Å². The molecule has 0 aliphatic carbocycles. The second kappa shape index (κ2) is 7.26. The minimum absolute atomic E-state index is 0.0289. The molecule has 7 nitrogen and oxygen atoms in total. The molecule has 1 amide bonds. The Kier molecular flexibility index (Phi) is 4.89. The van der Waals surface area contributed by atoms with E-state index >= 15 is 0 Å². The van der Waals surface area contributed by atoms with E-state index in [9.17, 15) is 18.7 Å². The number of phenolic OH excluding ortho intramolecular Hbond substituents is 1. The van der Waals surface area contributed by atoms with Crippen molar-refractivity contribution in [1.29, 1.82) is 0 Å². The third kappa shape index (κ3) is 4.29. The van der Waals surface area contributed by atoms with Gasteiger partial charge in [-0.25, -0.2) is 8.78 Å². The average Bonchev–Trinajstić information content (AvgIpc) is 3.01. The normalized spacial score (nSPS) is 10.6. The number of rotatable bonds is 5. The van der Waals surface area contributed by atoms with Gasteiger partial charge >= 0.3 is 0 Å². The highest BCUT2D eigenvalue weighted by Crippen LogP contribution is 2.20. The molecule has 128 valence electrons. The van der Waals surface area contributed by atoms with Gasteiger partial charge in [0.2, 0.25) is 11.1 Å². The molecule has 0 radical (unpaired) electrons. The summed E-state index contributed by atoms with van der Waals surface area (Å²) in [5.41, 5.74) is 0.638. The molecule has 1 heterocycles. The number of thioether (sulfide) groups is 1. The first kappa shape index (κ1) is 16.8. The van der Waals surface area contributed by atoms with Crippen LogP contribution in [0.15, 0.2) is 47.6 Å². The first-order valence-electron chi connectivity index (χ1n) is 6.98. The smallest absolute Gasteiger partial charge is 0.234 e. The van der Waals surface area contributed by atoms with E-state index in [1.54, 1.807) is 12.1 Å². The molecule has 0 fully saturated rings. The van der Waals surface area contributed by atoms with Gasteiger partial charge in [0.25, 0.3) is 0 Å². The van der Waals surface area contributed by atoms with Crippen molar-refractivity contribution in [3.63, 3.8) is 0 Å². The third-order valence-electron chi connectivity index (χ3n) is 3.01. The van der Waals surface area contributed by atoms with E-state index in [4.69, 9.17) is 0 Å². The number of nitrogens with zero attached hydrogens (tertiary/aromatic N) is 4. The van der Waals surface area contributed by atoms with Crippen LogP contribution in [0.5, 0.6) is 5.75 Å². The lowest BCUT2D eigenvalue weighted by Crippen LogP contribution is -2.15. The summed E-state index contributed by atoms with van der Waals surface area (Å²) in [5, 5.41) is 23.3. The fourth-order valence-corrected chi connectivity index (χ4v) is 2.67. The van der Waals surface area contributed by atoms with Crippen molar-refractivity contribution in [2.45, 2.75) is 5.16 Å². The van der Waals surface area contributed by atoms with Crippen molar-refractivity contribution < 1.29 is 18.7 Å². The zero-order valence-electron chi connectivity index (χ0n) is 12.6. The van der Waals surface area contributed by atoms with Crippen molar-refractivity contribution in [2.24, 2.45) is 0 Å². The summed E-state index contributed by atoms with van der Waals surface area (Å²) in [6.07, 6.45) is 0. The zero-order valence-corrected chi connectivity index (χ0v) is 13.4. The number of halogens is 2. The van der Waals surface area contributed by atoms with Crippen LogP contribution in [0.25, 0.3) is 5.69 Å². The van der Waals surface area contributed by atoms with Crippen LogP contribution in [0.3, 0.4) is 0 Å². The Bertz CT molecular complexity index is 881. The quantitative estimate of drug-likeness (QED) is 0.676. The number of anilines is 1. The molecular formula is C15H11F2N5O2S. The molecule has 1 aromatic heterocycles. The number of hydrogen-bond donors (Lipinski definition) is 2. The van der Waals surface area contributed by atoms with Crippen LogP contribution in [-0.4, -0.2) is 37.0 Å². The highest BCUT2D eigenvalue weighted by Gasteiger charge is 2.12. The van der Waals surface area contributed by atoms with Crippen LogP contribution in [0.1, 0.15) is 0 Å². The first-order valence-corrected chi connectivity index (χ1v) is 7.96. The van der Waals surface area contributed by atoms with E-state index in [1.807, 2.05) is 0 Å². The van der Waals surface area contributed by atoms with Gasteiger partial charge in [0, 0.05) is 11.8 Å². The van der Waals surface area contributed by atoms with Gasteiger partial charge < -0.3 is 10.4 Å². The summed E-state index contributed by atoms with van der Waals surface area (Å²) < 4.78 is 27.6. The predicted octanol–water partition coefficient (Wildman–Crippen LogP) is 2.38. The van der Waals surface area contributed by atoms with Crippen molar-refractivity contribution in [1.82, 2.24) is 20.2 Å². The average molecular weight is 363 g/mol. The van der Waals surface area contributed by atoms with Crippen LogP contribution in [0.2, 0.25) is 0 Å². The number of aromatic hydroxyl groups is 1. The lowest BCUT2D eigenvalue weighted by atomic mass is 10.3. The molecule has 2 aromatic carbocycles. The second-order valence-electron chi connectivity index (χ2n) is 4.88. The van der Waals surface area contributed by atoms with Crippen LogP contribution in [0, 0.1) is 11.6 Å². The monoisotopic (exact) mass is 363 g/mol. The summed E-state index contributed by atoms with van der Waals surface area (Å²) in [6, 6.07) is 8.96. The van der Waals surface area contributed by atoms with Gasteiger partial charge in [-0.3, -0.25) is 4.79 Å². The third-order valence-corrected chi connectivity index (χ3v) is 3.93. The van der Waals surface area contributed by atoms with Gasteiger partial charge in [0.15, 0.2) is 0 Å². The summed E-state index contributed by atoms with van der Waals surface area (Å²) >= 11 is 1.05. The highest BCUT2D eigenvalue weighted by molar-refractivity contribution is 7.99. The van der Waals surface area contributed by atoms with E-state index in [2.05, 4.69) is 20.8 Å². The van der Waals surface area contributed by atoms with E-state index < -0.39 is 17.5 Å². The fraction of sp³-hybridized carbons (Fsp3) is 0.0667. The summed E-state index contributed by atoms with van der Waals surface area (Å²) in [5.74, 6) is -1.97. The number of aromatic nitrogens is 4. The van der Waals surface area contributed by atoms with Gasteiger partial charge in [0.05, 0.1) is 11.4 Å². The molecule has 0 aliphatic heterocycles. The molecule has 0 unspecified atom stereocenters. The number of phenols is 1. The molecule has 10 heteroatoms. The Labute approximate surface area is 144 Å². The van der Waals surface area contributed by atoms with Gasteiger partial charge in [0.1, 0.15) is 17.4 Å². The maximum absolute atomic E-state index is 13.1. The Balaban J connectivity index is 1.65. The maximum Gasteiger partial charge on any atom is 0.234 e. The first-order chi connectivity index (χ1) is 12.0. The second-order valence-corrected chi connectivity index (χ2v) is 5.83. The van der Waals surface area contributed by atoms with Crippen molar-refractivity contribution >= 4 is 23.4 Å². The standard InChI is InChI=1S/C15H11F2N5O2S/c16-9-5-10(17)7-11(6-9)18-14(24)8-25-15-19-20-21-22(15)12-1-3-13(23)4-2-12/h1-7,23H,8H2,(H,18,24). The molecular weight excluding hydrogens is 352 g/mol. The van der Waals surface area contributed by atoms with Crippen LogP contribution in [-0.2, 0) is 4.79 Å². The van der Waals surface area contributed by atoms with E-state index in [-0.39, 0.29) is 17.2 Å². The van der Waals surface area contributed by atoms with Gasteiger partial charge in [-0.2, -0.15) is 4.68 Å². The molecule has 0 saturated carbocycles. The molecule has 0 spiro atoms. The lowest BCUT2D eigenvalue weighted by Gasteiger charge is -2.06. The van der Waals surface area contributed by atoms with Crippen molar-refractivity contribution in [3.8, 4) is 11.4 Å². The molecule has 3 rings (SSSR count). The largest absolute Gasteiger partial charge is 0.508 e. The predicted molar refractivity (Wildman–Crippen MR) is 86.5 cm³/mol. The van der Waals surface area contributed by atoms with Crippen LogP contribution >= 0.6 is 11.8 Å². The van der Waals surface area contributed by atoms with Crippen molar-refractivity contribution in [2.75, 3.05) is 11.1 Å². The van der Waals surface area contributed by atoms with Crippen molar-refractivity contribution in [3.05, 3.63) is 54.1 Å². The molecule has 2 N–H and O–H groups in total. The summed E-state index contributed by atoms with van der Waals surface area (Å²) in [4.78, 5) is 11.9. The Hall–Kier alpha value is -3.01. The minimum atomic E-state index is -0.778. The molecule has 0 bridgehead atoms. The van der Waals surface area contributed by atoms with Crippen LogP contribution in [0.4, 0.5) is 14.5 Å². The topological polar surface area (TPSA) is 92.9 Å². The number of benzene rings is 2. The van der Waals surface area contributed by atoms with E-state index in [1.165, 1.54) is 16.8 Å². The number of nitrogens with one attached hydrogen (secondary N) is 1. The Morgan fingerprint density at radius 2 is 1.84 bits per heavy atom. The number of amides is 1. The van der Waals surface area contributed by atoms with Gasteiger partial charge in [-0.05, 0) is 46.8 Å². The molecule has 0 aliphatic rings. The number of carbonyl (C=O) groups excluding carboxylic acids is 1. The van der Waals surface area contributed by atoms with Gasteiger partial charge in [-0.15, -0.1) is 5.10 Å². The molecule has 0 atom stereocenters. The lowest BCUT2D eigenvalue weighted by molar-refractivity contribution is -0.113. The summed E-state index contributed by atoms with van der Waals surface area (Å²) in [6.45, 7) is 0. The van der Waals surface area contributed by atoms with E-state index in [0.717, 1.165) is 30.0 Å². The van der Waals surface area contributed by atoms with Crippen LogP contribution < -0.4 is 5.32 Å². The molecule has 25 heavy (non-hydrogen) atoms. The van der Waals surface area contributed by atoms with Gasteiger partial charge in [-0.1, -0.05) is 11.8 Å². The molecule has 0 saturated heterocycles. The Morgan fingerprint density at radius 3 is 2.52 bits per heavy atom. The number of tetrazole rings is 1. The highest BCUT2D eigenvalue weighted by atomic mass is 32.2. The summed E-state index contributed by atoms with van der Waals surface area (Å²) in [7, 11) is 0.